The molecule has 0 atom stereocenters. The van der Waals surface area contributed by atoms with Gasteiger partial charge in [-0.1, -0.05) is 30.9 Å². The first kappa shape index (κ1) is 13.1. The quantitative estimate of drug-likeness (QED) is 0.722. The molecule has 3 N–H and O–H groups in total. The van der Waals surface area contributed by atoms with Crippen LogP contribution in [0.15, 0.2) is 12.3 Å². The zero-order chi connectivity index (χ0) is 13.2. The topological polar surface area (TPSA) is 82.5 Å². The number of hydrogen-bond acceptors (Lipinski definition) is 3. The number of halogens is 1. The molecular weight excluding hydrogens is 256 g/mol. The molecule has 1 aliphatic rings. The Morgan fingerprint density at radius 1 is 1.39 bits per heavy atom. The van der Waals surface area contributed by atoms with Gasteiger partial charge in [-0.2, -0.15) is 0 Å². The average molecular weight is 271 g/mol. The van der Waals surface area contributed by atoms with Gasteiger partial charge in [0, 0.05) is 5.56 Å². The Balaban J connectivity index is 2.40. The molecule has 0 aromatic carbocycles. The molecule has 18 heavy (non-hydrogen) atoms. The third-order valence-corrected chi connectivity index (χ3v) is 3.50. The van der Waals surface area contributed by atoms with Gasteiger partial charge in [-0.3, -0.25) is 5.32 Å². The Morgan fingerprint density at radius 2 is 2.06 bits per heavy atom. The summed E-state index contributed by atoms with van der Waals surface area (Å²) in [5.41, 5.74) is -0.191. The summed E-state index contributed by atoms with van der Waals surface area (Å²) in [5, 5.41) is 21.9. The van der Waals surface area contributed by atoms with Crippen LogP contribution in [0.25, 0.3) is 0 Å². The van der Waals surface area contributed by atoms with E-state index in [1.807, 2.05) is 0 Å². The molecule has 2 rings (SSSR count). The maximum absolute atomic E-state index is 10.7. The molecular formula is C12H15ClN2O3. The van der Waals surface area contributed by atoms with E-state index in [2.05, 4.69) is 10.3 Å². The fourth-order valence-corrected chi connectivity index (χ4v) is 2.59. The number of nitrogens with one attached hydrogen (secondary N) is 1. The van der Waals surface area contributed by atoms with Gasteiger partial charge in [0.25, 0.3) is 0 Å². The number of anilines is 1. The van der Waals surface area contributed by atoms with E-state index >= 15 is 0 Å². The van der Waals surface area contributed by atoms with Crippen LogP contribution in [0.2, 0.25) is 5.15 Å². The molecule has 1 aromatic rings. The Bertz CT molecular complexity index is 459. The van der Waals surface area contributed by atoms with Gasteiger partial charge in [-0.05, 0) is 18.9 Å². The van der Waals surface area contributed by atoms with E-state index in [9.17, 15) is 9.90 Å². The van der Waals surface area contributed by atoms with Crippen molar-refractivity contribution < 1.29 is 15.0 Å². The summed E-state index contributed by atoms with van der Waals surface area (Å²) < 4.78 is 0. The molecule has 0 unspecified atom stereocenters. The minimum atomic E-state index is -1.18. The third-order valence-electron chi connectivity index (χ3n) is 3.29. The van der Waals surface area contributed by atoms with E-state index < -0.39 is 11.7 Å². The second-order valence-corrected chi connectivity index (χ2v) is 4.96. The van der Waals surface area contributed by atoms with Crippen molar-refractivity contribution in [3.05, 3.63) is 23.0 Å². The van der Waals surface area contributed by atoms with Crippen LogP contribution in [0.1, 0.15) is 37.7 Å². The first-order chi connectivity index (χ1) is 8.51. The highest BCUT2D eigenvalue weighted by molar-refractivity contribution is 6.29. The molecule has 1 saturated carbocycles. The number of aliphatic hydroxyl groups is 1. The lowest BCUT2D eigenvalue weighted by molar-refractivity contribution is -0.0000151. The Labute approximate surface area is 110 Å². The molecule has 1 amide bonds. The zero-order valence-corrected chi connectivity index (χ0v) is 10.6. The van der Waals surface area contributed by atoms with E-state index in [0.717, 1.165) is 19.3 Å². The van der Waals surface area contributed by atoms with Crippen LogP contribution in [0.3, 0.4) is 0 Å². The smallest absolute Gasteiger partial charge is 0.409 e. The van der Waals surface area contributed by atoms with Crippen LogP contribution in [0.5, 0.6) is 0 Å². The van der Waals surface area contributed by atoms with E-state index in [-0.39, 0.29) is 5.15 Å². The van der Waals surface area contributed by atoms with Crippen molar-refractivity contribution in [2.45, 2.75) is 37.7 Å². The fraction of sp³-hybridized carbons (Fsp3) is 0.500. The SMILES string of the molecule is O=C(O)Nc1cnc(Cl)cc1C1(O)CCCCC1. The zero-order valence-electron chi connectivity index (χ0n) is 9.82. The standard InChI is InChI=1S/C12H15ClN2O3/c13-10-6-8(9(7-14-10)15-11(16)17)12(18)4-2-1-3-5-12/h6-7,15,18H,1-5H2,(H,16,17). The monoisotopic (exact) mass is 270 g/mol. The lowest BCUT2D eigenvalue weighted by atomic mass is 9.79. The second kappa shape index (κ2) is 5.12. The fourth-order valence-electron chi connectivity index (χ4n) is 2.44. The molecule has 1 aromatic heterocycles. The molecule has 0 aliphatic heterocycles. The van der Waals surface area contributed by atoms with Crippen LogP contribution < -0.4 is 5.32 Å². The Kier molecular flexibility index (Phi) is 3.73. The van der Waals surface area contributed by atoms with E-state index in [1.165, 1.54) is 12.3 Å². The van der Waals surface area contributed by atoms with Crippen molar-refractivity contribution in [2.24, 2.45) is 0 Å². The van der Waals surface area contributed by atoms with E-state index in [4.69, 9.17) is 16.7 Å². The molecule has 0 saturated heterocycles. The van der Waals surface area contributed by atoms with Gasteiger partial charge in [0.05, 0.1) is 17.5 Å². The number of rotatable bonds is 2. The van der Waals surface area contributed by atoms with Crippen LogP contribution in [0.4, 0.5) is 10.5 Å². The highest BCUT2D eigenvalue weighted by Crippen LogP contribution is 2.40. The molecule has 1 fully saturated rings. The van der Waals surface area contributed by atoms with Crippen molar-refractivity contribution in [3.8, 4) is 0 Å². The number of carboxylic acid groups (broad SMARTS) is 1. The predicted molar refractivity (Wildman–Crippen MR) is 67.9 cm³/mol. The molecule has 0 bridgehead atoms. The number of carbonyl (C=O) groups is 1. The van der Waals surface area contributed by atoms with Crippen LogP contribution in [0, 0.1) is 0 Å². The molecule has 98 valence electrons. The summed E-state index contributed by atoms with van der Waals surface area (Å²) in [5.74, 6) is 0. The van der Waals surface area contributed by atoms with Gasteiger partial charge in [-0.15, -0.1) is 0 Å². The summed E-state index contributed by atoms with van der Waals surface area (Å²) in [6.07, 6.45) is 4.32. The molecule has 5 nitrogen and oxygen atoms in total. The minimum Gasteiger partial charge on any atom is -0.465 e. The van der Waals surface area contributed by atoms with E-state index in [1.54, 1.807) is 0 Å². The van der Waals surface area contributed by atoms with Gasteiger partial charge in [0.2, 0.25) is 0 Å². The summed E-state index contributed by atoms with van der Waals surface area (Å²) >= 11 is 5.84. The van der Waals surface area contributed by atoms with Crippen molar-refractivity contribution in [3.63, 3.8) is 0 Å². The van der Waals surface area contributed by atoms with Gasteiger partial charge in [0.15, 0.2) is 0 Å². The third kappa shape index (κ3) is 2.73. The highest BCUT2D eigenvalue weighted by Gasteiger charge is 2.34. The van der Waals surface area contributed by atoms with Gasteiger partial charge in [0.1, 0.15) is 5.15 Å². The lowest BCUT2D eigenvalue weighted by Gasteiger charge is -2.33. The van der Waals surface area contributed by atoms with Crippen LogP contribution in [-0.2, 0) is 5.60 Å². The summed E-state index contributed by atoms with van der Waals surface area (Å²) in [4.78, 5) is 14.6. The highest BCUT2D eigenvalue weighted by atomic mass is 35.5. The maximum Gasteiger partial charge on any atom is 0.409 e. The minimum absolute atomic E-state index is 0.250. The van der Waals surface area contributed by atoms with Crippen molar-refractivity contribution in [1.82, 2.24) is 4.98 Å². The number of hydrogen-bond donors (Lipinski definition) is 3. The largest absolute Gasteiger partial charge is 0.465 e. The van der Waals surface area contributed by atoms with Crippen LogP contribution >= 0.6 is 11.6 Å². The Hall–Kier alpha value is -1.33. The average Bonchev–Trinajstić information content (AvgIpc) is 2.32. The molecule has 0 spiro atoms. The van der Waals surface area contributed by atoms with Crippen LogP contribution in [-0.4, -0.2) is 21.3 Å². The van der Waals surface area contributed by atoms with Gasteiger partial charge in [-0.25, -0.2) is 9.78 Å². The van der Waals surface area contributed by atoms with Crippen molar-refractivity contribution >= 4 is 23.4 Å². The number of pyridine rings is 1. The van der Waals surface area contributed by atoms with Crippen molar-refractivity contribution in [2.75, 3.05) is 5.32 Å². The van der Waals surface area contributed by atoms with Gasteiger partial charge >= 0.3 is 6.09 Å². The first-order valence-corrected chi connectivity index (χ1v) is 6.27. The Morgan fingerprint density at radius 3 is 2.67 bits per heavy atom. The molecule has 1 heterocycles. The second-order valence-electron chi connectivity index (χ2n) is 4.58. The maximum atomic E-state index is 10.7. The predicted octanol–water partition coefficient (Wildman–Crippen LogP) is 2.98. The lowest BCUT2D eigenvalue weighted by Crippen LogP contribution is -2.30. The van der Waals surface area contributed by atoms with Crippen molar-refractivity contribution in [1.29, 1.82) is 0 Å². The number of aromatic nitrogens is 1. The molecule has 6 heteroatoms. The first-order valence-electron chi connectivity index (χ1n) is 5.90. The van der Waals surface area contributed by atoms with E-state index in [0.29, 0.717) is 24.1 Å². The normalized spacial score (nSPS) is 18.3. The molecule has 1 aliphatic carbocycles. The summed E-state index contributed by atoms with van der Waals surface area (Å²) in [7, 11) is 0. The molecule has 0 radical (unpaired) electrons. The number of nitrogens with zero attached hydrogens (tertiary/aromatic N) is 1. The summed E-state index contributed by atoms with van der Waals surface area (Å²) in [6, 6.07) is 1.54. The van der Waals surface area contributed by atoms with Gasteiger partial charge < -0.3 is 10.2 Å². The summed E-state index contributed by atoms with van der Waals surface area (Å²) in [6.45, 7) is 0. The number of amides is 1.